The first-order chi connectivity index (χ1) is 12.6. The van der Waals surface area contributed by atoms with Gasteiger partial charge in [0.2, 0.25) is 0 Å². The Morgan fingerprint density at radius 2 is 1.81 bits per heavy atom. The first-order valence-corrected chi connectivity index (χ1v) is 9.30. The molecule has 0 spiro atoms. The number of ether oxygens (including phenoxy) is 1. The molecule has 3 nitrogen and oxygen atoms in total. The molecule has 0 atom stereocenters. The molecular weight excluding hydrogens is 340 g/mol. The molecule has 0 radical (unpaired) electrons. The van der Waals surface area contributed by atoms with E-state index in [9.17, 15) is 5.26 Å². The third-order valence-corrected chi connectivity index (χ3v) is 5.03. The van der Waals surface area contributed by atoms with Crippen LogP contribution in [0.1, 0.15) is 35.9 Å². The van der Waals surface area contributed by atoms with Gasteiger partial charge in [-0.05, 0) is 47.4 Å². The lowest BCUT2D eigenvalue weighted by Crippen LogP contribution is -1.87. The van der Waals surface area contributed by atoms with Gasteiger partial charge in [0.05, 0.1) is 18.4 Å². The van der Waals surface area contributed by atoms with E-state index in [2.05, 4.69) is 37.0 Å². The first-order valence-electron chi connectivity index (χ1n) is 8.43. The van der Waals surface area contributed by atoms with Crippen molar-refractivity contribution in [1.82, 2.24) is 4.98 Å². The Hall–Kier alpha value is -2.90. The van der Waals surface area contributed by atoms with Crippen molar-refractivity contribution >= 4 is 23.0 Å². The molecule has 0 aliphatic carbocycles. The molecule has 0 N–H and O–H groups in total. The summed E-state index contributed by atoms with van der Waals surface area (Å²) >= 11 is 1.48. The zero-order valence-electron chi connectivity index (χ0n) is 15.1. The Morgan fingerprint density at radius 3 is 2.38 bits per heavy atom. The predicted molar refractivity (Wildman–Crippen MR) is 108 cm³/mol. The summed E-state index contributed by atoms with van der Waals surface area (Å²) in [5, 5.41) is 12.3. The Morgan fingerprint density at radius 1 is 1.12 bits per heavy atom. The molecular formula is C22H20N2OS. The van der Waals surface area contributed by atoms with E-state index in [-0.39, 0.29) is 0 Å². The van der Waals surface area contributed by atoms with Crippen molar-refractivity contribution in [2.45, 2.75) is 19.8 Å². The SMILES string of the molecule is COc1ccc(-c2csc(C(C#N)=Cc3ccc(C(C)C)cc3)n2)cc1. The van der Waals surface area contributed by atoms with Gasteiger partial charge in [-0.1, -0.05) is 38.1 Å². The number of thiazole rings is 1. The molecule has 0 amide bonds. The molecule has 3 aromatic rings. The maximum absolute atomic E-state index is 9.56. The monoisotopic (exact) mass is 360 g/mol. The Balaban J connectivity index is 1.86. The molecule has 2 aromatic carbocycles. The summed E-state index contributed by atoms with van der Waals surface area (Å²) in [6, 6.07) is 18.3. The number of hydrogen-bond acceptors (Lipinski definition) is 4. The molecule has 1 aromatic heterocycles. The second kappa shape index (κ2) is 7.99. The zero-order chi connectivity index (χ0) is 18.5. The van der Waals surface area contributed by atoms with E-state index in [1.54, 1.807) is 7.11 Å². The summed E-state index contributed by atoms with van der Waals surface area (Å²) < 4.78 is 5.19. The van der Waals surface area contributed by atoms with Gasteiger partial charge in [0.15, 0.2) is 0 Å². The smallest absolute Gasteiger partial charge is 0.134 e. The minimum absolute atomic E-state index is 0.495. The topological polar surface area (TPSA) is 45.9 Å². The maximum atomic E-state index is 9.56. The Kier molecular flexibility index (Phi) is 5.50. The molecule has 0 saturated carbocycles. The average molecular weight is 360 g/mol. The zero-order valence-corrected chi connectivity index (χ0v) is 15.9. The number of hydrogen-bond donors (Lipinski definition) is 0. The van der Waals surface area contributed by atoms with Crippen LogP contribution in [-0.4, -0.2) is 12.1 Å². The van der Waals surface area contributed by atoms with E-state index in [1.807, 2.05) is 47.9 Å². The number of benzene rings is 2. The molecule has 0 fully saturated rings. The van der Waals surface area contributed by atoms with Gasteiger partial charge < -0.3 is 4.74 Å². The molecule has 26 heavy (non-hydrogen) atoms. The second-order valence-electron chi connectivity index (χ2n) is 6.26. The second-order valence-corrected chi connectivity index (χ2v) is 7.12. The summed E-state index contributed by atoms with van der Waals surface area (Å²) in [5.74, 6) is 1.31. The quantitative estimate of drug-likeness (QED) is 0.524. The first kappa shape index (κ1) is 17.9. The van der Waals surface area contributed by atoms with E-state index >= 15 is 0 Å². The third-order valence-electron chi connectivity index (χ3n) is 4.15. The van der Waals surface area contributed by atoms with Gasteiger partial charge in [-0.15, -0.1) is 11.3 Å². The lowest BCUT2D eigenvalue weighted by Gasteiger charge is -2.04. The maximum Gasteiger partial charge on any atom is 0.134 e. The summed E-state index contributed by atoms with van der Waals surface area (Å²) in [5.41, 5.74) is 4.74. The van der Waals surface area contributed by atoms with Crippen LogP contribution in [-0.2, 0) is 0 Å². The van der Waals surface area contributed by atoms with Crippen molar-refractivity contribution in [1.29, 1.82) is 5.26 Å². The number of allylic oxidation sites excluding steroid dienone is 1. The van der Waals surface area contributed by atoms with Crippen LogP contribution in [0.15, 0.2) is 53.9 Å². The largest absolute Gasteiger partial charge is 0.497 e. The Labute approximate surface area is 158 Å². The van der Waals surface area contributed by atoms with Gasteiger partial charge in [-0.3, -0.25) is 0 Å². The molecule has 0 bridgehead atoms. The van der Waals surface area contributed by atoms with Gasteiger partial charge in [0.25, 0.3) is 0 Å². The van der Waals surface area contributed by atoms with Crippen LogP contribution < -0.4 is 4.74 Å². The minimum Gasteiger partial charge on any atom is -0.497 e. The number of rotatable bonds is 5. The fraction of sp³-hybridized carbons (Fsp3) is 0.182. The van der Waals surface area contributed by atoms with Gasteiger partial charge in [-0.2, -0.15) is 5.26 Å². The highest BCUT2D eigenvalue weighted by molar-refractivity contribution is 7.11. The van der Waals surface area contributed by atoms with E-state index in [0.29, 0.717) is 11.5 Å². The summed E-state index contributed by atoms with van der Waals surface area (Å²) in [6.07, 6.45) is 1.89. The van der Waals surface area contributed by atoms with Crippen molar-refractivity contribution < 1.29 is 4.74 Å². The minimum atomic E-state index is 0.495. The van der Waals surface area contributed by atoms with E-state index in [4.69, 9.17) is 4.74 Å². The molecule has 0 unspecified atom stereocenters. The van der Waals surface area contributed by atoms with E-state index in [0.717, 1.165) is 27.6 Å². The lowest BCUT2D eigenvalue weighted by molar-refractivity contribution is 0.415. The van der Waals surface area contributed by atoms with Crippen LogP contribution in [0.3, 0.4) is 0 Å². The third kappa shape index (κ3) is 4.01. The van der Waals surface area contributed by atoms with Crippen molar-refractivity contribution in [3.8, 4) is 23.1 Å². The van der Waals surface area contributed by atoms with Gasteiger partial charge in [0.1, 0.15) is 16.8 Å². The molecule has 4 heteroatoms. The average Bonchev–Trinajstić information content (AvgIpc) is 3.16. The van der Waals surface area contributed by atoms with Crippen molar-refractivity contribution in [3.63, 3.8) is 0 Å². The lowest BCUT2D eigenvalue weighted by atomic mass is 10.0. The van der Waals surface area contributed by atoms with Gasteiger partial charge in [-0.25, -0.2) is 4.98 Å². The molecule has 0 saturated heterocycles. The normalized spacial score (nSPS) is 11.4. The van der Waals surface area contributed by atoms with Crippen molar-refractivity contribution in [3.05, 3.63) is 70.0 Å². The molecule has 3 rings (SSSR count). The van der Waals surface area contributed by atoms with E-state index < -0.39 is 0 Å². The highest BCUT2D eigenvalue weighted by Gasteiger charge is 2.09. The summed E-state index contributed by atoms with van der Waals surface area (Å²) in [6.45, 7) is 4.34. The van der Waals surface area contributed by atoms with Crippen LogP contribution in [0.25, 0.3) is 22.9 Å². The fourth-order valence-electron chi connectivity index (χ4n) is 2.58. The van der Waals surface area contributed by atoms with Gasteiger partial charge >= 0.3 is 0 Å². The van der Waals surface area contributed by atoms with Crippen molar-refractivity contribution in [2.75, 3.05) is 7.11 Å². The summed E-state index contributed by atoms with van der Waals surface area (Å²) in [4.78, 5) is 4.64. The predicted octanol–water partition coefficient (Wildman–Crippen LogP) is 6.01. The van der Waals surface area contributed by atoms with Crippen LogP contribution in [0.5, 0.6) is 5.75 Å². The van der Waals surface area contributed by atoms with Crippen LogP contribution in [0.2, 0.25) is 0 Å². The number of nitrogens with zero attached hydrogens (tertiary/aromatic N) is 2. The number of methoxy groups -OCH3 is 1. The molecule has 0 aliphatic rings. The molecule has 0 aliphatic heterocycles. The highest BCUT2D eigenvalue weighted by atomic mass is 32.1. The number of nitriles is 1. The van der Waals surface area contributed by atoms with Gasteiger partial charge in [0, 0.05) is 10.9 Å². The summed E-state index contributed by atoms with van der Waals surface area (Å²) in [7, 11) is 1.65. The van der Waals surface area contributed by atoms with Crippen LogP contribution >= 0.6 is 11.3 Å². The van der Waals surface area contributed by atoms with Crippen LogP contribution in [0.4, 0.5) is 0 Å². The van der Waals surface area contributed by atoms with Crippen molar-refractivity contribution in [2.24, 2.45) is 0 Å². The molecule has 130 valence electrons. The van der Waals surface area contributed by atoms with E-state index in [1.165, 1.54) is 16.9 Å². The highest BCUT2D eigenvalue weighted by Crippen LogP contribution is 2.28. The molecule has 1 heterocycles. The Bertz CT molecular complexity index is 945. The van der Waals surface area contributed by atoms with Crippen LogP contribution in [0, 0.1) is 11.3 Å². The standard InChI is InChI=1S/C22H20N2OS/c1-15(2)17-6-4-16(5-7-17)12-19(13-23)22-24-21(14-26-22)18-8-10-20(25-3)11-9-18/h4-12,14-15H,1-3H3. The number of aromatic nitrogens is 1. The fourth-order valence-corrected chi connectivity index (χ4v) is 3.37.